The molecule has 1 saturated heterocycles. The number of hydrogen-bond acceptors (Lipinski definition) is 2. The summed E-state index contributed by atoms with van der Waals surface area (Å²) >= 11 is 3.49. The first-order valence-corrected chi connectivity index (χ1v) is 6.81. The molecule has 0 aliphatic carbocycles. The molecule has 1 aromatic carbocycles. The summed E-state index contributed by atoms with van der Waals surface area (Å²) in [6.45, 7) is 0. The van der Waals surface area contributed by atoms with Gasteiger partial charge in [0.25, 0.3) is 0 Å². The fourth-order valence-corrected chi connectivity index (χ4v) is 2.55. The van der Waals surface area contributed by atoms with Crippen LogP contribution < -0.4 is 4.74 Å². The number of alkyl halides is 1. The van der Waals surface area contributed by atoms with Crippen molar-refractivity contribution in [1.29, 1.82) is 0 Å². The molecule has 16 heavy (non-hydrogen) atoms. The Morgan fingerprint density at radius 1 is 1.31 bits per heavy atom. The molecule has 2 nitrogen and oxygen atoms in total. The van der Waals surface area contributed by atoms with E-state index < -0.39 is 0 Å². The summed E-state index contributed by atoms with van der Waals surface area (Å²) in [5.74, 6) is 0.900. The zero-order valence-electron chi connectivity index (χ0n) is 9.49. The van der Waals surface area contributed by atoms with Crippen LogP contribution in [-0.2, 0) is 4.74 Å². The minimum Gasteiger partial charge on any atom is -0.497 e. The summed E-state index contributed by atoms with van der Waals surface area (Å²) in [6, 6.07) is 8.19. The van der Waals surface area contributed by atoms with Gasteiger partial charge in [-0.15, -0.1) is 0 Å². The van der Waals surface area contributed by atoms with Crippen molar-refractivity contribution < 1.29 is 9.47 Å². The van der Waals surface area contributed by atoms with Gasteiger partial charge in [-0.1, -0.05) is 28.1 Å². The van der Waals surface area contributed by atoms with E-state index in [4.69, 9.17) is 9.47 Å². The van der Waals surface area contributed by atoms with Crippen LogP contribution in [0.2, 0.25) is 0 Å². The van der Waals surface area contributed by atoms with Gasteiger partial charge in [0.05, 0.1) is 19.3 Å². The Balaban J connectivity index is 2.05. The lowest BCUT2D eigenvalue weighted by molar-refractivity contribution is -0.0383. The summed E-state index contributed by atoms with van der Waals surface area (Å²) in [7, 11) is 1.69. The lowest BCUT2D eigenvalue weighted by Crippen LogP contribution is -2.23. The zero-order valence-corrected chi connectivity index (χ0v) is 11.1. The molecule has 0 radical (unpaired) electrons. The van der Waals surface area contributed by atoms with Crippen LogP contribution in [0.15, 0.2) is 24.3 Å². The maximum Gasteiger partial charge on any atom is 0.118 e. The summed E-state index contributed by atoms with van der Waals surface area (Å²) in [5, 5.41) is 0.930. The van der Waals surface area contributed by atoms with Crippen molar-refractivity contribution in [2.24, 2.45) is 0 Å². The monoisotopic (exact) mass is 284 g/mol. The first-order valence-electron chi connectivity index (χ1n) is 5.69. The molecule has 0 saturated carbocycles. The number of ether oxygens (including phenoxy) is 2. The van der Waals surface area contributed by atoms with Crippen LogP contribution >= 0.6 is 15.9 Å². The molecule has 0 unspecified atom stereocenters. The van der Waals surface area contributed by atoms with Crippen LogP contribution in [0.1, 0.15) is 30.9 Å². The molecule has 1 aliphatic rings. The number of halogens is 1. The SMILES string of the molecule is COc1ccc([C@H]2CCC[C@@H](CBr)O2)cc1. The van der Waals surface area contributed by atoms with Crippen molar-refractivity contribution in [1.82, 2.24) is 0 Å². The molecular weight excluding hydrogens is 268 g/mol. The molecule has 1 heterocycles. The molecule has 0 N–H and O–H groups in total. The Morgan fingerprint density at radius 3 is 2.69 bits per heavy atom. The van der Waals surface area contributed by atoms with E-state index in [1.165, 1.54) is 12.0 Å². The van der Waals surface area contributed by atoms with Crippen LogP contribution in [0, 0.1) is 0 Å². The number of hydrogen-bond donors (Lipinski definition) is 0. The van der Waals surface area contributed by atoms with E-state index in [9.17, 15) is 0 Å². The predicted octanol–water partition coefficient (Wildman–Crippen LogP) is 3.70. The molecule has 1 aromatic rings. The van der Waals surface area contributed by atoms with Crippen LogP contribution in [0.4, 0.5) is 0 Å². The van der Waals surface area contributed by atoms with Crippen molar-refractivity contribution in [2.45, 2.75) is 31.5 Å². The zero-order chi connectivity index (χ0) is 11.4. The third-order valence-corrected chi connectivity index (χ3v) is 3.73. The van der Waals surface area contributed by atoms with E-state index in [0.29, 0.717) is 6.10 Å². The molecular formula is C13H17BrO2. The van der Waals surface area contributed by atoms with Crippen LogP contribution in [0.25, 0.3) is 0 Å². The first-order chi connectivity index (χ1) is 7.83. The molecule has 3 heteroatoms. The van der Waals surface area contributed by atoms with Gasteiger partial charge in [0, 0.05) is 5.33 Å². The minimum absolute atomic E-state index is 0.252. The lowest BCUT2D eigenvalue weighted by Gasteiger charge is -2.29. The highest BCUT2D eigenvalue weighted by molar-refractivity contribution is 9.09. The van der Waals surface area contributed by atoms with Crippen molar-refractivity contribution in [3.05, 3.63) is 29.8 Å². The second kappa shape index (κ2) is 5.69. The molecule has 1 aliphatic heterocycles. The van der Waals surface area contributed by atoms with E-state index >= 15 is 0 Å². The Bertz CT molecular complexity index is 323. The highest BCUT2D eigenvalue weighted by Gasteiger charge is 2.22. The van der Waals surface area contributed by atoms with Crippen LogP contribution in [-0.4, -0.2) is 18.5 Å². The second-order valence-corrected chi connectivity index (χ2v) is 4.75. The Hall–Kier alpha value is -0.540. The fraction of sp³-hybridized carbons (Fsp3) is 0.538. The van der Waals surface area contributed by atoms with Crippen molar-refractivity contribution in [3.8, 4) is 5.75 Å². The standard InChI is InChI=1S/C13H17BrO2/c1-15-11-7-5-10(6-8-11)13-4-2-3-12(9-14)16-13/h5-8,12-13H,2-4,9H2,1H3/t12-,13+/m0/s1. The smallest absolute Gasteiger partial charge is 0.118 e. The van der Waals surface area contributed by atoms with E-state index in [-0.39, 0.29) is 6.10 Å². The van der Waals surface area contributed by atoms with Gasteiger partial charge in [0.2, 0.25) is 0 Å². The normalized spacial score (nSPS) is 25.4. The van der Waals surface area contributed by atoms with E-state index in [0.717, 1.165) is 23.9 Å². The van der Waals surface area contributed by atoms with Crippen LogP contribution in [0.5, 0.6) is 5.75 Å². The topological polar surface area (TPSA) is 18.5 Å². The second-order valence-electron chi connectivity index (χ2n) is 4.11. The van der Waals surface area contributed by atoms with Gasteiger partial charge in [-0.3, -0.25) is 0 Å². The van der Waals surface area contributed by atoms with Crippen LogP contribution in [0.3, 0.4) is 0 Å². The van der Waals surface area contributed by atoms with Crippen molar-refractivity contribution in [3.63, 3.8) is 0 Å². The molecule has 2 rings (SSSR count). The number of methoxy groups -OCH3 is 1. The Labute approximate surface area is 105 Å². The van der Waals surface area contributed by atoms with Gasteiger partial charge >= 0.3 is 0 Å². The maximum atomic E-state index is 6.01. The Morgan fingerprint density at radius 2 is 2.06 bits per heavy atom. The van der Waals surface area contributed by atoms with Gasteiger partial charge in [0.15, 0.2) is 0 Å². The average molecular weight is 285 g/mol. The minimum atomic E-state index is 0.252. The molecule has 0 bridgehead atoms. The average Bonchev–Trinajstić information content (AvgIpc) is 2.39. The number of rotatable bonds is 3. The van der Waals surface area contributed by atoms with Gasteiger partial charge in [-0.25, -0.2) is 0 Å². The molecule has 1 fully saturated rings. The molecule has 88 valence electrons. The van der Waals surface area contributed by atoms with E-state index in [1.54, 1.807) is 7.11 Å². The van der Waals surface area contributed by atoms with Crippen molar-refractivity contribution in [2.75, 3.05) is 12.4 Å². The first kappa shape index (κ1) is 11.9. The predicted molar refractivity (Wildman–Crippen MR) is 68.3 cm³/mol. The lowest BCUT2D eigenvalue weighted by atomic mass is 9.99. The summed E-state index contributed by atoms with van der Waals surface area (Å²) < 4.78 is 11.2. The molecule has 0 amide bonds. The van der Waals surface area contributed by atoms with Gasteiger partial charge in [0.1, 0.15) is 5.75 Å². The Kier molecular flexibility index (Phi) is 4.24. The number of benzene rings is 1. The van der Waals surface area contributed by atoms with Gasteiger partial charge < -0.3 is 9.47 Å². The van der Waals surface area contributed by atoms with Crippen molar-refractivity contribution >= 4 is 15.9 Å². The third-order valence-electron chi connectivity index (χ3n) is 3.01. The summed E-state index contributed by atoms with van der Waals surface area (Å²) in [4.78, 5) is 0. The quantitative estimate of drug-likeness (QED) is 0.788. The van der Waals surface area contributed by atoms with E-state index in [1.807, 2.05) is 12.1 Å². The largest absolute Gasteiger partial charge is 0.497 e. The maximum absolute atomic E-state index is 6.01. The molecule has 2 atom stereocenters. The molecule has 0 aromatic heterocycles. The summed E-state index contributed by atoms with van der Waals surface area (Å²) in [6.07, 6.45) is 4.14. The van der Waals surface area contributed by atoms with Gasteiger partial charge in [-0.2, -0.15) is 0 Å². The third kappa shape index (κ3) is 2.77. The highest BCUT2D eigenvalue weighted by Crippen LogP contribution is 2.32. The fourth-order valence-electron chi connectivity index (χ4n) is 2.08. The molecule has 0 spiro atoms. The highest BCUT2D eigenvalue weighted by atomic mass is 79.9. The van der Waals surface area contributed by atoms with E-state index in [2.05, 4.69) is 28.1 Å². The van der Waals surface area contributed by atoms with Gasteiger partial charge in [-0.05, 0) is 37.0 Å². The summed E-state index contributed by atoms with van der Waals surface area (Å²) in [5.41, 5.74) is 1.26.